The molecule has 1 aliphatic carbocycles. The van der Waals surface area contributed by atoms with E-state index >= 15 is 0 Å². The van der Waals surface area contributed by atoms with Crippen molar-refractivity contribution in [3.8, 4) is 5.75 Å². The maximum atomic E-state index is 13.1. The lowest BCUT2D eigenvalue weighted by Crippen LogP contribution is -2.35. The fraction of sp³-hybridized carbons (Fsp3) is 0.455. The number of ketones is 1. The summed E-state index contributed by atoms with van der Waals surface area (Å²) in [6.45, 7) is 8.44. The van der Waals surface area contributed by atoms with Crippen LogP contribution < -0.4 is 10.5 Å². The van der Waals surface area contributed by atoms with Gasteiger partial charge in [0.15, 0.2) is 5.78 Å². The minimum absolute atomic E-state index is 0.00147. The molecule has 1 heterocycles. The van der Waals surface area contributed by atoms with Crippen LogP contribution in [0.15, 0.2) is 47.1 Å². The molecule has 1 atom stereocenters. The van der Waals surface area contributed by atoms with E-state index in [2.05, 4.69) is 0 Å². The lowest BCUT2D eigenvalue weighted by molar-refractivity contribution is -0.139. The van der Waals surface area contributed by atoms with Gasteiger partial charge in [-0.2, -0.15) is 0 Å². The normalized spacial score (nSPS) is 21.1. The molecule has 1 aromatic carbocycles. The van der Waals surface area contributed by atoms with Crippen LogP contribution in [0.25, 0.3) is 0 Å². The topological polar surface area (TPSA) is 87.9 Å². The van der Waals surface area contributed by atoms with Crippen LogP contribution in [0.2, 0.25) is 0 Å². The Bertz CT molecular complexity index is 848. The third kappa shape index (κ3) is 3.77. The SMILES string of the molecule is CCOC(=O)C1=C(N)OC2=C(C(=O)CC(C)(C)C2)C1c1ccc(OCC)cc1. The molecule has 0 saturated carbocycles. The van der Waals surface area contributed by atoms with Gasteiger partial charge in [-0.3, -0.25) is 4.79 Å². The molecule has 28 heavy (non-hydrogen) atoms. The molecule has 0 fully saturated rings. The van der Waals surface area contributed by atoms with E-state index in [-0.39, 0.29) is 29.3 Å². The van der Waals surface area contributed by atoms with Gasteiger partial charge in [-0.25, -0.2) is 4.79 Å². The van der Waals surface area contributed by atoms with E-state index < -0.39 is 11.9 Å². The molecule has 0 aromatic heterocycles. The standard InChI is InChI=1S/C22H27NO5/c1-5-26-14-9-7-13(8-10-14)17-18-15(24)11-22(3,4)12-16(18)28-20(23)19(17)21(25)27-6-2/h7-10,17H,5-6,11-12,23H2,1-4H3. The second-order valence-electron chi connectivity index (χ2n) is 7.81. The van der Waals surface area contributed by atoms with Crippen molar-refractivity contribution in [2.24, 2.45) is 11.1 Å². The number of Topliss-reactive ketones (excluding diaryl/α,β-unsaturated/α-hetero) is 1. The summed E-state index contributed by atoms with van der Waals surface area (Å²) in [6.07, 6.45) is 0.969. The zero-order chi connectivity index (χ0) is 20.5. The number of carbonyl (C=O) groups excluding carboxylic acids is 2. The molecule has 0 radical (unpaired) electrons. The molecule has 1 unspecified atom stereocenters. The highest BCUT2D eigenvalue weighted by Gasteiger charge is 2.44. The Morgan fingerprint density at radius 1 is 1.18 bits per heavy atom. The quantitative estimate of drug-likeness (QED) is 0.780. The van der Waals surface area contributed by atoms with Gasteiger partial charge in [-0.1, -0.05) is 26.0 Å². The maximum Gasteiger partial charge on any atom is 0.340 e. The van der Waals surface area contributed by atoms with E-state index in [1.807, 2.05) is 45.0 Å². The van der Waals surface area contributed by atoms with E-state index in [0.717, 1.165) is 11.3 Å². The Morgan fingerprint density at radius 3 is 2.46 bits per heavy atom. The summed E-state index contributed by atoms with van der Waals surface area (Å²) in [5, 5.41) is 0. The molecule has 0 saturated heterocycles. The summed E-state index contributed by atoms with van der Waals surface area (Å²) in [5.41, 5.74) is 7.38. The first kappa shape index (κ1) is 20.0. The Hall–Kier alpha value is -2.76. The Labute approximate surface area is 165 Å². The van der Waals surface area contributed by atoms with Crippen molar-refractivity contribution in [1.29, 1.82) is 0 Å². The number of allylic oxidation sites excluding steroid dienone is 2. The Morgan fingerprint density at radius 2 is 1.86 bits per heavy atom. The average Bonchev–Trinajstić information content (AvgIpc) is 2.60. The molecule has 0 bridgehead atoms. The van der Waals surface area contributed by atoms with Crippen LogP contribution >= 0.6 is 0 Å². The number of ether oxygens (including phenoxy) is 3. The van der Waals surface area contributed by atoms with Crippen LogP contribution in [0, 0.1) is 5.41 Å². The van der Waals surface area contributed by atoms with Gasteiger partial charge in [0.05, 0.1) is 19.1 Å². The highest BCUT2D eigenvalue weighted by molar-refractivity contribution is 6.03. The third-order valence-corrected chi connectivity index (χ3v) is 4.97. The highest BCUT2D eigenvalue weighted by atomic mass is 16.5. The number of benzene rings is 1. The van der Waals surface area contributed by atoms with E-state index in [1.54, 1.807) is 6.92 Å². The smallest absolute Gasteiger partial charge is 0.340 e. The molecule has 1 aromatic rings. The molecular weight excluding hydrogens is 358 g/mol. The number of hydrogen-bond acceptors (Lipinski definition) is 6. The summed E-state index contributed by atoms with van der Waals surface area (Å²) >= 11 is 0. The number of rotatable bonds is 5. The van der Waals surface area contributed by atoms with E-state index in [0.29, 0.717) is 30.8 Å². The molecule has 1 aliphatic heterocycles. The molecule has 3 rings (SSSR count). The predicted octanol–water partition coefficient (Wildman–Crippen LogP) is 3.58. The molecule has 2 aliphatic rings. The maximum absolute atomic E-state index is 13.1. The molecular formula is C22H27NO5. The zero-order valence-electron chi connectivity index (χ0n) is 16.8. The fourth-order valence-corrected chi connectivity index (χ4v) is 3.85. The third-order valence-electron chi connectivity index (χ3n) is 4.97. The van der Waals surface area contributed by atoms with Gasteiger partial charge in [-0.15, -0.1) is 0 Å². The lowest BCUT2D eigenvalue weighted by atomic mass is 9.70. The Balaban J connectivity index is 2.12. The van der Waals surface area contributed by atoms with Crippen molar-refractivity contribution in [3.63, 3.8) is 0 Å². The Kier molecular flexibility index (Phi) is 5.49. The number of carbonyl (C=O) groups is 2. The van der Waals surface area contributed by atoms with Gasteiger partial charge in [0.2, 0.25) is 5.88 Å². The van der Waals surface area contributed by atoms with Crippen LogP contribution in [0.5, 0.6) is 5.75 Å². The van der Waals surface area contributed by atoms with Crippen molar-refractivity contribution < 1.29 is 23.8 Å². The zero-order valence-corrected chi connectivity index (χ0v) is 16.8. The number of nitrogens with two attached hydrogens (primary N) is 1. The van der Waals surface area contributed by atoms with Crippen LogP contribution in [0.3, 0.4) is 0 Å². The largest absolute Gasteiger partial charge is 0.494 e. The molecule has 0 spiro atoms. The monoisotopic (exact) mass is 385 g/mol. The molecule has 150 valence electrons. The van der Waals surface area contributed by atoms with Crippen molar-refractivity contribution in [2.45, 2.75) is 46.5 Å². The van der Waals surface area contributed by atoms with Crippen LogP contribution in [-0.4, -0.2) is 25.0 Å². The summed E-state index contributed by atoms with van der Waals surface area (Å²) in [5.74, 6) is 0.0649. The van der Waals surface area contributed by atoms with Gasteiger partial charge in [0.1, 0.15) is 17.1 Å². The average molecular weight is 385 g/mol. The van der Waals surface area contributed by atoms with Gasteiger partial charge in [0, 0.05) is 18.4 Å². The van der Waals surface area contributed by atoms with Crippen LogP contribution in [-0.2, 0) is 19.1 Å². The van der Waals surface area contributed by atoms with Crippen molar-refractivity contribution in [3.05, 3.63) is 52.6 Å². The second-order valence-corrected chi connectivity index (χ2v) is 7.81. The van der Waals surface area contributed by atoms with Crippen molar-refractivity contribution in [2.75, 3.05) is 13.2 Å². The minimum Gasteiger partial charge on any atom is -0.494 e. The first-order chi connectivity index (χ1) is 13.3. The summed E-state index contributed by atoms with van der Waals surface area (Å²) in [4.78, 5) is 25.7. The minimum atomic E-state index is -0.609. The van der Waals surface area contributed by atoms with Crippen LogP contribution in [0.1, 0.15) is 52.0 Å². The predicted molar refractivity (Wildman–Crippen MR) is 104 cm³/mol. The number of esters is 1. The second kappa shape index (κ2) is 7.70. The first-order valence-corrected chi connectivity index (χ1v) is 9.61. The van der Waals surface area contributed by atoms with Gasteiger partial charge in [-0.05, 0) is 37.0 Å². The van der Waals surface area contributed by atoms with Gasteiger partial charge >= 0.3 is 5.97 Å². The lowest BCUT2D eigenvalue weighted by Gasteiger charge is -2.37. The van der Waals surface area contributed by atoms with Crippen molar-refractivity contribution >= 4 is 11.8 Å². The van der Waals surface area contributed by atoms with Crippen LogP contribution in [0.4, 0.5) is 0 Å². The van der Waals surface area contributed by atoms with Gasteiger partial charge < -0.3 is 19.9 Å². The first-order valence-electron chi connectivity index (χ1n) is 9.61. The van der Waals surface area contributed by atoms with E-state index in [9.17, 15) is 9.59 Å². The molecule has 6 nitrogen and oxygen atoms in total. The molecule has 2 N–H and O–H groups in total. The molecule has 0 amide bonds. The molecule has 6 heteroatoms. The summed E-state index contributed by atoms with van der Waals surface area (Å²) < 4.78 is 16.5. The fourth-order valence-electron chi connectivity index (χ4n) is 3.85. The summed E-state index contributed by atoms with van der Waals surface area (Å²) in [6, 6.07) is 7.35. The van der Waals surface area contributed by atoms with Gasteiger partial charge in [0.25, 0.3) is 0 Å². The highest BCUT2D eigenvalue weighted by Crippen LogP contribution is 2.48. The summed E-state index contributed by atoms with van der Waals surface area (Å²) in [7, 11) is 0. The number of hydrogen-bond donors (Lipinski definition) is 1. The van der Waals surface area contributed by atoms with E-state index in [1.165, 1.54) is 0 Å². The van der Waals surface area contributed by atoms with E-state index in [4.69, 9.17) is 19.9 Å². The van der Waals surface area contributed by atoms with Crippen molar-refractivity contribution in [1.82, 2.24) is 0 Å².